The van der Waals surface area contributed by atoms with Gasteiger partial charge in [-0.2, -0.15) is 0 Å². The summed E-state index contributed by atoms with van der Waals surface area (Å²) < 4.78 is 3.11. The summed E-state index contributed by atoms with van der Waals surface area (Å²) in [6.07, 6.45) is 4.06. The Bertz CT molecular complexity index is 966. The van der Waals surface area contributed by atoms with Crippen molar-refractivity contribution >= 4 is 45.2 Å². The summed E-state index contributed by atoms with van der Waals surface area (Å²) >= 11 is 11.0. The Morgan fingerprint density at radius 2 is 1.75 bits per heavy atom. The molecule has 0 atom stereocenters. The van der Waals surface area contributed by atoms with E-state index in [9.17, 15) is 4.79 Å². The monoisotopic (exact) mass is 475 g/mol. The Labute approximate surface area is 182 Å². The number of hydrogen-bond acceptors (Lipinski definition) is 3. The Balaban J connectivity index is 1.66. The molecular formula is C21H19BrClN3OS. The zero-order valence-corrected chi connectivity index (χ0v) is 18.3. The smallest absolute Gasteiger partial charge is 0.233 e. The number of likely N-dealkylation sites (tertiary alicyclic amines) is 1. The van der Waals surface area contributed by atoms with Gasteiger partial charge < -0.3 is 4.90 Å². The van der Waals surface area contributed by atoms with Crippen molar-refractivity contribution in [2.24, 2.45) is 0 Å². The maximum Gasteiger partial charge on any atom is 0.233 e. The molecule has 2 aromatic carbocycles. The molecule has 0 bridgehead atoms. The number of thioether (sulfide) groups is 1. The van der Waals surface area contributed by atoms with Crippen LogP contribution in [0, 0.1) is 0 Å². The summed E-state index contributed by atoms with van der Waals surface area (Å²) in [4.78, 5) is 19.0. The third-order valence-electron chi connectivity index (χ3n) is 4.74. The van der Waals surface area contributed by atoms with E-state index in [1.54, 1.807) is 0 Å². The fourth-order valence-electron chi connectivity index (χ4n) is 3.28. The van der Waals surface area contributed by atoms with Gasteiger partial charge in [-0.05, 0) is 49.2 Å². The Hall–Kier alpha value is -1.76. The number of imidazole rings is 1. The van der Waals surface area contributed by atoms with E-state index in [0.717, 1.165) is 52.5 Å². The van der Waals surface area contributed by atoms with Gasteiger partial charge in [0.1, 0.15) is 0 Å². The Kier molecular flexibility index (Phi) is 6.09. The molecule has 2 heterocycles. The zero-order chi connectivity index (χ0) is 19.5. The summed E-state index contributed by atoms with van der Waals surface area (Å²) in [5, 5.41) is 1.49. The maximum atomic E-state index is 12.5. The van der Waals surface area contributed by atoms with E-state index >= 15 is 0 Å². The molecule has 4 nitrogen and oxygen atoms in total. The molecule has 1 fully saturated rings. The van der Waals surface area contributed by atoms with Crippen molar-refractivity contribution in [3.8, 4) is 16.9 Å². The molecule has 1 aromatic heterocycles. The van der Waals surface area contributed by atoms with E-state index in [1.165, 1.54) is 11.8 Å². The quantitative estimate of drug-likeness (QED) is 0.445. The summed E-state index contributed by atoms with van der Waals surface area (Å²) in [7, 11) is 0. The number of halogens is 2. The highest BCUT2D eigenvalue weighted by atomic mass is 79.9. The Morgan fingerprint density at radius 1 is 1.07 bits per heavy atom. The third kappa shape index (κ3) is 4.29. The van der Waals surface area contributed by atoms with Gasteiger partial charge >= 0.3 is 0 Å². The minimum atomic E-state index is 0.179. The topological polar surface area (TPSA) is 38.1 Å². The summed E-state index contributed by atoms with van der Waals surface area (Å²) in [5.41, 5.74) is 3.00. The SMILES string of the molecule is O=C(CSc1ncc(-c2ccc(Br)cc2)n1-c1ccc(Cl)cc1)N1CCCC1. The van der Waals surface area contributed by atoms with Gasteiger partial charge in [0, 0.05) is 33.8 Å². The summed E-state index contributed by atoms with van der Waals surface area (Å²) in [5.74, 6) is 0.572. The third-order valence-corrected chi connectivity index (χ3v) is 6.46. The normalized spacial score (nSPS) is 13.9. The number of benzene rings is 2. The number of carbonyl (C=O) groups is 1. The van der Waals surface area contributed by atoms with E-state index in [2.05, 4.69) is 37.6 Å². The molecular weight excluding hydrogens is 458 g/mol. The second-order valence-electron chi connectivity index (χ2n) is 6.62. The highest BCUT2D eigenvalue weighted by Gasteiger charge is 2.20. The first-order chi connectivity index (χ1) is 13.6. The molecule has 0 spiro atoms. The van der Waals surface area contributed by atoms with Crippen LogP contribution in [-0.2, 0) is 4.79 Å². The lowest BCUT2D eigenvalue weighted by molar-refractivity contribution is -0.127. The molecule has 4 rings (SSSR count). The van der Waals surface area contributed by atoms with Gasteiger partial charge in [0.25, 0.3) is 0 Å². The van der Waals surface area contributed by atoms with Crippen LogP contribution in [0.25, 0.3) is 16.9 Å². The summed E-state index contributed by atoms with van der Waals surface area (Å²) in [6.45, 7) is 1.74. The average Bonchev–Trinajstić information content (AvgIpc) is 3.38. The molecule has 0 N–H and O–H groups in total. The van der Waals surface area contributed by atoms with E-state index in [-0.39, 0.29) is 5.91 Å². The maximum absolute atomic E-state index is 12.5. The van der Waals surface area contributed by atoms with Crippen LogP contribution in [0.4, 0.5) is 0 Å². The lowest BCUT2D eigenvalue weighted by atomic mass is 10.1. The van der Waals surface area contributed by atoms with E-state index in [4.69, 9.17) is 11.6 Å². The van der Waals surface area contributed by atoms with Crippen LogP contribution in [0.15, 0.2) is 64.4 Å². The molecule has 0 unspecified atom stereocenters. The van der Waals surface area contributed by atoms with Crippen molar-refractivity contribution in [3.05, 3.63) is 64.2 Å². The van der Waals surface area contributed by atoms with Crippen LogP contribution in [-0.4, -0.2) is 39.2 Å². The van der Waals surface area contributed by atoms with Crippen molar-refractivity contribution in [2.45, 2.75) is 18.0 Å². The van der Waals surface area contributed by atoms with Crippen molar-refractivity contribution in [2.75, 3.05) is 18.8 Å². The van der Waals surface area contributed by atoms with Gasteiger partial charge in [-0.3, -0.25) is 9.36 Å². The fourth-order valence-corrected chi connectivity index (χ4v) is 4.57. The molecule has 0 saturated carbocycles. The van der Waals surface area contributed by atoms with Gasteiger partial charge in [-0.15, -0.1) is 0 Å². The standard InChI is InChI=1S/C21H19BrClN3OS/c22-16-5-3-15(4-6-16)19-13-24-21(26(19)18-9-7-17(23)8-10-18)28-14-20(27)25-11-1-2-12-25/h3-10,13H,1-2,11-12,14H2. The minimum absolute atomic E-state index is 0.179. The zero-order valence-electron chi connectivity index (χ0n) is 15.1. The molecule has 1 amide bonds. The van der Waals surface area contributed by atoms with Crippen LogP contribution in [0.1, 0.15) is 12.8 Å². The second-order valence-corrected chi connectivity index (χ2v) is 8.92. The summed E-state index contributed by atoms with van der Waals surface area (Å²) in [6, 6.07) is 15.8. The van der Waals surface area contributed by atoms with Crippen LogP contribution in [0.2, 0.25) is 5.02 Å². The van der Waals surface area contributed by atoms with Crippen LogP contribution in [0.5, 0.6) is 0 Å². The lowest BCUT2D eigenvalue weighted by Gasteiger charge is -2.16. The molecule has 28 heavy (non-hydrogen) atoms. The van der Waals surface area contributed by atoms with Crippen molar-refractivity contribution in [1.82, 2.24) is 14.5 Å². The number of hydrogen-bond donors (Lipinski definition) is 0. The molecule has 1 aliphatic heterocycles. The molecule has 0 radical (unpaired) electrons. The number of amides is 1. The van der Waals surface area contributed by atoms with Crippen molar-refractivity contribution in [1.29, 1.82) is 0 Å². The van der Waals surface area contributed by atoms with Gasteiger partial charge in [0.05, 0.1) is 17.6 Å². The first-order valence-corrected chi connectivity index (χ1v) is 11.3. The lowest BCUT2D eigenvalue weighted by Crippen LogP contribution is -2.29. The molecule has 1 aliphatic rings. The number of carbonyl (C=O) groups excluding carboxylic acids is 1. The van der Waals surface area contributed by atoms with Gasteiger partial charge in [-0.25, -0.2) is 4.98 Å². The van der Waals surface area contributed by atoms with E-state index in [1.807, 2.05) is 47.5 Å². The highest BCUT2D eigenvalue weighted by molar-refractivity contribution is 9.10. The van der Waals surface area contributed by atoms with Crippen LogP contribution >= 0.6 is 39.3 Å². The average molecular weight is 477 g/mol. The molecule has 1 saturated heterocycles. The fraction of sp³-hybridized carbons (Fsp3) is 0.238. The largest absolute Gasteiger partial charge is 0.342 e. The van der Waals surface area contributed by atoms with Gasteiger partial charge in [0.2, 0.25) is 5.91 Å². The molecule has 0 aliphatic carbocycles. The molecule has 7 heteroatoms. The predicted octanol–water partition coefficient (Wildman–Crippen LogP) is 5.67. The number of nitrogens with zero attached hydrogens (tertiary/aromatic N) is 3. The number of aromatic nitrogens is 2. The first-order valence-electron chi connectivity index (χ1n) is 9.12. The minimum Gasteiger partial charge on any atom is -0.342 e. The number of rotatable bonds is 5. The van der Waals surface area contributed by atoms with Crippen molar-refractivity contribution < 1.29 is 4.79 Å². The first kappa shape index (κ1) is 19.6. The predicted molar refractivity (Wildman–Crippen MR) is 118 cm³/mol. The van der Waals surface area contributed by atoms with E-state index < -0.39 is 0 Å². The van der Waals surface area contributed by atoms with E-state index in [0.29, 0.717) is 10.8 Å². The van der Waals surface area contributed by atoms with Crippen molar-refractivity contribution in [3.63, 3.8) is 0 Å². The van der Waals surface area contributed by atoms with Gasteiger partial charge in [-0.1, -0.05) is 51.4 Å². The molecule has 3 aromatic rings. The highest BCUT2D eigenvalue weighted by Crippen LogP contribution is 2.31. The molecule has 144 valence electrons. The van der Waals surface area contributed by atoms with Gasteiger partial charge in [0.15, 0.2) is 5.16 Å². The van der Waals surface area contributed by atoms with Crippen LogP contribution < -0.4 is 0 Å². The second kappa shape index (κ2) is 8.72. The Morgan fingerprint density at radius 3 is 2.43 bits per heavy atom. The van der Waals surface area contributed by atoms with Crippen LogP contribution in [0.3, 0.4) is 0 Å².